The predicted molar refractivity (Wildman–Crippen MR) is 97.4 cm³/mol. The third-order valence-corrected chi connectivity index (χ3v) is 5.64. The summed E-state index contributed by atoms with van der Waals surface area (Å²) in [7, 11) is 0. The zero-order valence-electron chi connectivity index (χ0n) is 13.4. The molecule has 0 atom stereocenters. The molecule has 2 amide bonds. The number of carbonyl (C=O) groups excluding carboxylic acids is 2. The molecule has 5 nitrogen and oxygen atoms in total. The smallest absolute Gasteiger partial charge is 0.252 e. The zero-order valence-corrected chi connectivity index (χ0v) is 15.1. The molecule has 0 radical (unpaired) electrons. The first kappa shape index (κ1) is 17.1. The van der Waals surface area contributed by atoms with Gasteiger partial charge in [-0.1, -0.05) is 6.07 Å². The number of nitrogens with one attached hydrogen (secondary N) is 1. The summed E-state index contributed by atoms with van der Waals surface area (Å²) >= 11 is 3.27. The Bertz CT molecular complexity index is 647. The van der Waals surface area contributed by atoms with Crippen LogP contribution in [-0.2, 0) is 11.3 Å². The molecule has 24 heavy (non-hydrogen) atoms. The number of piperazine rings is 1. The molecule has 0 saturated carbocycles. The van der Waals surface area contributed by atoms with Gasteiger partial charge in [-0.25, -0.2) is 0 Å². The molecule has 0 unspecified atom stereocenters. The van der Waals surface area contributed by atoms with Crippen LogP contribution in [0.15, 0.2) is 34.3 Å². The first-order chi connectivity index (χ1) is 11.7. The highest BCUT2D eigenvalue weighted by Gasteiger charge is 2.21. The first-order valence-corrected chi connectivity index (χ1v) is 9.87. The van der Waals surface area contributed by atoms with Gasteiger partial charge in [0, 0.05) is 61.5 Å². The third-order valence-electron chi connectivity index (χ3n) is 4.09. The van der Waals surface area contributed by atoms with Crippen molar-refractivity contribution < 1.29 is 9.59 Å². The summed E-state index contributed by atoms with van der Waals surface area (Å²) in [5.74, 6) is 0.0150. The summed E-state index contributed by atoms with van der Waals surface area (Å²) in [6.07, 6.45) is 0.362. The van der Waals surface area contributed by atoms with Crippen LogP contribution in [0.3, 0.4) is 0 Å². The van der Waals surface area contributed by atoms with Crippen molar-refractivity contribution in [3.8, 4) is 0 Å². The lowest BCUT2D eigenvalue weighted by molar-refractivity contribution is -0.132. The summed E-state index contributed by atoms with van der Waals surface area (Å²) in [5, 5.41) is 8.58. The van der Waals surface area contributed by atoms with E-state index in [-0.39, 0.29) is 11.8 Å². The maximum absolute atomic E-state index is 12.2. The largest absolute Gasteiger partial charge is 0.351 e. The molecule has 1 fully saturated rings. The topological polar surface area (TPSA) is 52.7 Å². The molecular weight excluding hydrogens is 342 g/mol. The average molecular weight is 364 g/mol. The molecule has 1 aliphatic heterocycles. The van der Waals surface area contributed by atoms with E-state index in [1.165, 1.54) is 16.2 Å². The first-order valence-electron chi connectivity index (χ1n) is 8.05. The highest BCUT2D eigenvalue weighted by atomic mass is 32.1. The SMILES string of the molecule is O=C(NCCC(=O)N1CCN(Cc2cccs2)CC1)c1ccsc1. The van der Waals surface area contributed by atoms with E-state index in [2.05, 4.69) is 27.7 Å². The number of carbonyl (C=O) groups is 2. The van der Waals surface area contributed by atoms with Crippen LogP contribution >= 0.6 is 22.7 Å². The molecule has 3 rings (SSSR count). The minimum Gasteiger partial charge on any atom is -0.351 e. The lowest BCUT2D eigenvalue weighted by atomic mass is 10.2. The molecule has 1 saturated heterocycles. The molecule has 128 valence electrons. The Kier molecular flexibility index (Phi) is 6.01. The van der Waals surface area contributed by atoms with E-state index in [1.807, 2.05) is 15.7 Å². The van der Waals surface area contributed by atoms with Crippen molar-refractivity contribution in [3.63, 3.8) is 0 Å². The van der Waals surface area contributed by atoms with E-state index in [9.17, 15) is 9.59 Å². The number of hydrogen-bond acceptors (Lipinski definition) is 5. The molecule has 2 aromatic rings. The van der Waals surface area contributed by atoms with Crippen molar-refractivity contribution >= 4 is 34.5 Å². The number of amides is 2. The number of rotatable bonds is 6. The molecule has 3 heterocycles. The van der Waals surface area contributed by atoms with Crippen molar-refractivity contribution in [1.29, 1.82) is 0 Å². The summed E-state index contributed by atoms with van der Waals surface area (Å²) in [4.78, 5) is 29.7. The van der Waals surface area contributed by atoms with Crippen molar-refractivity contribution in [3.05, 3.63) is 44.8 Å². The van der Waals surface area contributed by atoms with E-state index in [0.29, 0.717) is 18.5 Å². The Morgan fingerprint density at radius 1 is 1.12 bits per heavy atom. The summed E-state index contributed by atoms with van der Waals surface area (Å²) < 4.78 is 0. The van der Waals surface area contributed by atoms with Gasteiger partial charge in [0.05, 0.1) is 0 Å². The molecule has 0 bridgehead atoms. The fourth-order valence-corrected chi connectivity index (χ4v) is 4.10. The predicted octanol–water partition coefficient (Wildman–Crippen LogP) is 2.27. The van der Waals surface area contributed by atoms with E-state index < -0.39 is 0 Å². The fourth-order valence-electron chi connectivity index (χ4n) is 2.72. The van der Waals surface area contributed by atoms with Crippen LogP contribution in [0.5, 0.6) is 0 Å². The van der Waals surface area contributed by atoms with Crippen LogP contribution in [0.2, 0.25) is 0 Å². The molecule has 1 N–H and O–H groups in total. The van der Waals surface area contributed by atoms with E-state index >= 15 is 0 Å². The molecule has 0 spiro atoms. The van der Waals surface area contributed by atoms with Gasteiger partial charge in [-0.3, -0.25) is 14.5 Å². The highest BCUT2D eigenvalue weighted by molar-refractivity contribution is 7.09. The number of hydrogen-bond donors (Lipinski definition) is 1. The van der Waals surface area contributed by atoms with Crippen LogP contribution in [0.25, 0.3) is 0 Å². The molecule has 7 heteroatoms. The number of thiophene rings is 2. The van der Waals surface area contributed by atoms with Gasteiger partial charge in [-0.05, 0) is 22.9 Å². The van der Waals surface area contributed by atoms with Gasteiger partial charge >= 0.3 is 0 Å². The quantitative estimate of drug-likeness (QED) is 0.857. The lowest BCUT2D eigenvalue weighted by Gasteiger charge is -2.34. The maximum Gasteiger partial charge on any atom is 0.252 e. The van der Waals surface area contributed by atoms with Crippen LogP contribution < -0.4 is 5.32 Å². The Labute approximate surface area is 149 Å². The molecule has 0 aliphatic carbocycles. The molecule has 0 aromatic carbocycles. The van der Waals surface area contributed by atoms with Crippen LogP contribution in [-0.4, -0.2) is 54.3 Å². The van der Waals surface area contributed by atoms with Crippen molar-refractivity contribution in [2.45, 2.75) is 13.0 Å². The molecule has 1 aliphatic rings. The van der Waals surface area contributed by atoms with Crippen LogP contribution in [0, 0.1) is 0 Å². The van der Waals surface area contributed by atoms with Crippen molar-refractivity contribution in [2.24, 2.45) is 0 Å². The van der Waals surface area contributed by atoms with Crippen LogP contribution in [0.1, 0.15) is 21.7 Å². The van der Waals surface area contributed by atoms with Gasteiger partial charge in [0.2, 0.25) is 5.91 Å². The van der Waals surface area contributed by atoms with Crippen molar-refractivity contribution in [2.75, 3.05) is 32.7 Å². The standard InChI is InChI=1S/C17H21N3O2S2/c21-16(3-5-18-17(22)14-4-11-23-13-14)20-8-6-19(7-9-20)12-15-2-1-10-24-15/h1-2,4,10-11,13H,3,5-9,12H2,(H,18,22). The summed E-state index contributed by atoms with van der Waals surface area (Å²) in [6.45, 7) is 4.71. The Hall–Kier alpha value is -1.70. The van der Waals surface area contributed by atoms with Crippen molar-refractivity contribution in [1.82, 2.24) is 15.1 Å². The second-order valence-electron chi connectivity index (χ2n) is 5.75. The Morgan fingerprint density at radius 3 is 2.62 bits per heavy atom. The minimum absolute atomic E-state index is 0.107. The van der Waals surface area contributed by atoms with E-state index in [0.717, 1.165) is 32.7 Å². The van der Waals surface area contributed by atoms with Gasteiger partial charge in [-0.2, -0.15) is 11.3 Å². The lowest BCUT2D eigenvalue weighted by Crippen LogP contribution is -2.48. The summed E-state index contributed by atoms with van der Waals surface area (Å²) in [5.41, 5.74) is 0.662. The normalized spacial score (nSPS) is 15.4. The van der Waals surface area contributed by atoms with Gasteiger partial charge in [-0.15, -0.1) is 11.3 Å². The van der Waals surface area contributed by atoms with E-state index in [1.54, 1.807) is 17.4 Å². The second kappa shape index (κ2) is 8.41. The van der Waals surface area contributed by atoms with Gasteiger partial charge < -0.3 is 10.2 Å². The third kappa shape index (κ3) is 4.66. The van der Waals surface area contributed by atoms with Crippen LogP contribution in [0.4, 0.5) is 0 Å². The van der Waals surface area contributed by atoms with Gasteiger partial charge in [0.25, 0.3) is 5.91 Å². The highest BCUT2D eigenvalue weighted by Crippen LogP contribution is 2.14. The van der Waals surface area contributed by atoms with E-state index in [4.69, 9.17) is 0 Å². The maximum atomic E-state index is 12.2. The van der Waals surface area contributed by atoms with Gasteiger partial charge in [0.1, 0.15) is 0 Å². The Morgan fingerprint density at radius 2 is 1.96 bits per heavy atom. The fraction of sp³-hybridized carbons (Fsp3) is 0.412. The second-order valence-corrected chi connectivity index (χ2v) is 7.57. The molecule has 2 aromatic heterocycles. The number of nitrogens with zero attached hydrogens (tertiary/aromatic N) is 2. The Balaban J connectivity index is 1.35. The summed E-state index contributed by atoms with van der Waals surface area (Å²) in [6, 6.07) is 6.01. The monoisotopic (exact) mass is 363 g/mol. The molecular formula is C17H21N3O2S2. The van der Waals surface area contributed by atoms with Gasteiger partial charge in [0.15, 0.2) is 0 Å². The zero-order chi connectivity index (χ0) is 16.8. The minimum atomic E-state index is -0.107. The average Bonchev–Trinajstić information content (AvgIpc) is 3.29.